The van der Waals surface area contributed by atoms with E-state index in [-0.39, 0.29) is 6.54 Å². The van der Waals surface area contributed by atoms with Gasteiger partial charge in [0.05, 0.1) is 4.92 Å². The van der Waals surface area contributed by atoms with Crippen molar-refractivity contribution in [3.8, 4) is 0 Å². The zero-order chi connectivity index (χ0) is 9.84. The SMILES string of the molecule is O=[N+]([O-])c1cc(CNO)ccc1F. The molecule has 0 spiro atoms. The summed E-state index contributed by atoms with van der Waals surface area (Å²) in [5.41, 5.74) is 1.67. The number of halogens is 1. The van der Waals surface area contributed by atoms with E-state index in [1.165, 1.54) is 6.07 Å². The molecule has 1 aromatic carbocycles. The van der Waals surface area contributed by atoms with E-state index < -0.39 is 16.4 Å². The van der Waals surface area contributed by atoms with Crippen LogP contribution in [0.2, 0.25) is 0 Å². The van der Waals surface area contributed by atoms with Crippen molar-refractivity contribution in [1.29, 1.82) is 0 Å². The first-order valence-electron chi connectivity index (χ1n) is 3.45. The Morgan fingerprint density at radius 2 is 2.31 bits per heavy atom. The molecule has 0 aromatic heterocycles. The monoisotopic (exact) mass is 186 g/mol. The maximum Gasteiger partial charge on any atom is 0.305 e. The van der Waals surface area contributed by atoms with E-state index >= 15 is 0 Å². The molecule has 1 rings (SSSR count). The third kappa shape index (κ3) is 2.20. The van der Waals surface area contributed by atoms with Crippen molar-refractivity contribution in [1.82, 2.24) is 5.48 Å². The Labute approximate surface area is 72.9 Å². The van der Waals surface area contributed by atoms with Crippen molar-refractivity contribution in [3.05, 3.63) is 39.7 Å². The Bertz CT molecular complexity index is 330. The lowest BCUT2D eigenvalue weighted by molar-refractivity contribution is -0.387. The van der Waals surface area contributed by atoms with Crippen LogP contribution >= 0.6 is 0 Å². The van der Waals surface area contributed by atoms with E-state index in [2.05, 4.69) is 0 Å². The Balaban J connectivity index is 3.04. The van der Waals surface area contributed by atoms with Gasteiger partial charge in [-0.25, -0.2) is 5.48 Å². The molecular formula is C7H7FN2O3. The van der Waals surface area contributed by atoms with Crippen LogP contribution in [0.4, 0.5) is 10.1 Å². The zero-order valence-electron chi connectivity index (χ0n) is 6.53. The van der Waals surface area contributed by atoms with Crippen molar-refractivity contribution in [2.45, 2.75) is 6.54 Å². The van der Waals surface area contributed by atoms with Crippen LogP contribution in [0.3, 0.4) is 0 Å². The lowest BCUT2D eigenvalue weighted by atomic mass is 10.2. The molecule has 0 bridgehead atoms. The molecule has 0 fully saturated rings. The third-order valence-electron chi connectivity index (χ3n) is 1.49. The second-order valence-corrected chi connectivity index (χ2v) is 2.38. The van der Waals surface area contributed by atoms with Gasteiger partial charge in [0.1, 0.15) is 0 Å². The van der Waals surface area contributed by atoms with E-state index in [1.54, 1.807) is 0 Å². The molecule has 0 amide bonds. The fourth-order valence-corrected chi connectivity index (χ4v) is 0.899. The van der Waals surface area contributed by atoms with E-state index in [9.17, 15) is 14.5 Å². The number of nitro benzene ring substituents is 1. The van der Waals surface area contributed by atoms with Crippen LogP contribution in [0.1, 0.15) is 5.56 Å². The molecule has 0 heterocycles. The summed E-state index contributed by atoms with van der Waals surface area (Å²) in [6.07, 6.45) is 0. The normalized spacial score (nSPS) is 10.0. The topological polar surface area (TPSA) is 75.4 Å². The number of nitrogens with zero attached hydrogens (tertiary/aromatic N) is 1. The molecule has 6 heteroatoms. The van der Waals surface area contributed by atoms with E-state index in [0.717, 1.165) is 12.1 Å². The van der Waals surface area contributed by atoms with Crippen molar-refractivity contribution in [2.24, 2.45) is 0 Å². The lowest BCUT2D eigenvalue weighted by Crippen LogP contribution is -2.06. The summed E-state index contributed by atoms with van der Waals surface area (Å²) in [5, 5.41) is 18.6. The second-order valence-electron chi connectivity index (χ2n) is 2.38. The molecule has 0 aliphatic heterocycles. The number of hydroxylamine groups is 1. The van der Waals surface area contributed by atoms with Crippen LogP contribution in [0, 0.1) is 15.9 Å². The average Bonchev–Trinajstić information content (AvgIpc) is 2.08. The molecule has 1 aromatic rings. The van der Waals surface area contributed by atoms with Crippen molar-refractivity contribution < 1.29 is 14.5 Å². The van der Waals surface area contributed by atoms with Crippen LogP contribution in [0.5, 0.6) is 0 Å². The predicted molar refractivity (Wildman–Crippen MR) is 41.7 cm³/mol. The minimum atomic E-state index is -0.883. The maximum absolute atomic E-state index is 12.7. The molecule has 0 saturated carbocycles. The third-order valence-corrected chi connectivity index (χ3v) is 1.49. The highest BCUT2D eigenvalue weighted by Gasteiger charge is 2.13. The van der Waals surface area contributed by atoms with Gasteiger partial charge in [-0.15, -0.1) is 0 Å². The molecule has 0 radical (unpaired) electrons. The van der Waals surface area contributed by atoms with Crippen molar-refractivity contribution in [3.63, 3.8) is 0 Å². The van der Waals surface area contributed by atoms with Gasteiger partial charge in [0, 0.05) is 12.6 Å². The summed E-state index contributed by atoms with van der Waals surface area (Å²) in [6, 6.07) is 3.41. The summed E-state index contributed by atoms with van der Waals surface area (Å²) in [7, 11) is 0. The van der Waals surface area contributed by atoms with Crippen LogP contribution in [-0.4, -0.2) is 10.1 Å². The van der Waals surface area contributed by atoms with Gasteiger partial charge in [0.15, 0.2) is 0 Å². The molecule has 0 aliphatic rings. The van der Waals surface area contributed by atoms with Crippen LogP contribution < -0.4 is 5.48 Å². The Morgan fingerprint density at radius 3 is 2.85 bits per heavy atom. The summed E-state index contributed by atoms with van der Waals surface area (Å²) >= 11 is 0. The Hall–Kier alpha value is -1.53. The Morgan fingerprint density at radius 1 is 1.62 bits per heavy atom. The molecule has 0 atom stereocenters. The predicted octanol–water partition coefficient (Wildman–Crippen LogP) is 1.21. The van der Waals surface area contributed by atoms with Crippen molar-refractivity contribution >= 4 is 5.69 Å². The molecule has 0 saturated heterocycles. The molecule has 2 N–H and O–H groups in total. The number of hydrogen-bond donors (Lipinski definition) is 2. The average molecular weight is 186 g/mol. The maximum atomic E-state index is 12.7. The highest BCUT2D eigenvalue weighted by Crippen LogP contribution is 2.18. The molecule has 70 valence electrons. The minimum Gasteiger partial charge on any atom is -0.316 e. The highest BCUT2D eigenvalue weighted by molar-refractivity contribution is 5.35. The van der Waals surface area contributed by atoms with E-state index in [0.29, 0.717) is 5.56 Å². The molecule has 13 heavy (non-hydrogen) atoms. The summed E-state index contributed by atoms with van der Waals surface area (Å²) in [4.78, 5) is 9.45. The van der Waals surface area contributed by atoms with E-state index in [1.807, 2.05) is 5.48 Å². The van der Waals surface area contributed by atoms with Gasteiger partial charge in [-0.05, 0) is 11.6 Å². The number of benzene rings is 1. The largest absolute Gasteiger partial charge is 0.316 e. The summed E-state index contributed by atoms with van der Waals surface area (Å²) in [6.45, 7) is 0.0428. The molecule has 0 unspecified atom stereocenters. The van der Waals surface area contributed by atoms with Crippen LogP contribution in [0.15, 0.2) is 18.2 Å². The van der Waals surface area contributed by atoms with Gasteiger partial charge >= 0.3 is 5.69 Å². The van der Waals surface area contributed by atoms with E-state index in [4.69, 9.17) is 5.21 Å². The molecule has 5 nitrogen and oxygen atoms in total. The van der Waals surface area contributed by atoms with Gasteiger partial charge in [0.2, 0.25) is 5.82 Å². The van der Waals surface area contributed by atoms with Gasteiger partial charge in [-0.2, -0.15) is 4.39 Å². The van der Waals surface area contributed by atoms with Crippen LogP contribution in [-0.2, 0) is 6.54 Å². The smallest absolute Gasteiger partial charge is 0.305 e. The van der Waals surface area contributed by atoms with Gasteiger partial charge in [-0.1, -0.05) is 6.07 Å². The minimum absolute atomic E-state index is 0.0428. The number of nitro groups is 1. The van der Waals surface area contributed by atoms with Crippen molar-refractivity contribution in [2.75, 3.05) is 0 Å². The fourth-order valence-electron chi connectivity index (χ4n) is 0.899. The number of rotatable bonds is 3. The lowest BCUT2D eigenvalue weighted by Gasteiger charge is -1.99. The Kier molecular flexibility index (Phi) is 2.88. The standard InChI is InChI=1S/C7H7FN2O3/c8-6-2-1-5(4-9-11)3-7(6)10(12)13/h1-3,9,11H,4H2. The van der Waals surface area contributed by atoms with Gasteiger partial charge in [-0.3, -0.25) is 10.1 Å². The first-order chi connectivity index (χ1) is 6.15. The second kappa shape index (κ2) is 3.92. The summed E-state index contributed by atoms with van der Waals surface area (Å²) < 4.78 is 12.7. The zero-order valence-corrected chi connectivity index (χ0v) is 6.53. The first kappa shape index (κ1) is 9.56. The first-order valence-corrected chi connectivity index (χ1v) is 3.45. The number of nitrogens with one attached hydrogen (secondary N) is 1. The van der Waals surface area contributed by atoms with Gasteiger partial charge < -0.3 is 5.21 Å². The summed E-state index contributed by atoms with van der Waals surface area (Å²) in [5.74, 6) is -0.883. The quantitative estimate of drug-likeness (QED) is 0.549. The molecule has 0 aliphatic carbocycles. The van der Waals surface area contributed by atoms with Gasteiger partial charge in [0.25, 0.3) is 0 Å². The van der Waals surface area contributed by atoms with Crippen LogP contribution in [0.25, 0.3) is 0 Å². The number of hydrogen-bond acceptors (Lipinski definition) is 4. The fraction of sp³-hybridized carbons (Fsp3) is 0.143. The molecular weight excluding hydrogens is 179 g/mol. The highest BCUT2D eigenvalue weighted by atomic mass is 19.1.